The zero-order chi connectivity index (χ0) is 21.6. The summed E-state index contributed by atoms with van der Waals surface area (Å²) in [7, 11) is 0. The first-order valence-electron chi connectivity index (χ1n) is 10.7. The number of piperazine rings is 1. The van der Waals surface area contributed by atoms with Crippen LogP contribution in [0.15, 0.2) is 41.4 Å². The normalized spacial score (nSPS) is 16.1. The van der Waals surface area contributed by atoms with Gasteiger partial charge in [0.1, 0.15) is 17.3 Å². The Morgan fingerprint density at radius 3 is 2.72 bits per heavy atom. The summed E-state index contributed by atoms with van der Waals surface area (Å²) < 4.78 is 24.8. The molecule has 0 bridgehead atoms. The SMILES string of the molecule is CCNC(=NCCc1cc(F)cc2c1OCOC2)N1CCN(c2ccccc2O)CC1.I. The third kappa shape index (κ3) is 5.74. The number of aromatic hydroxyl groups is 1. The van der Waals surface area contributed by atoms with Crippen molar-refractivity contribution in [1.29, 1.82) is 0 Å². The molecule has 0 amide bonds. The van der Waals surface area contributed by atoms with Gasteiger partial charge in [-0.3, -0.25) is 4.99 Å². The number of phenols is 1. The number of phenolic OH excluding ortho intramolecular Hbond substituents is 1. The molecule has 2 aromatic rings. The van der Waals surface area contributed by atoms with E-state index in [0.717, 1.165) is 61.2 Å². The molecule has 2 N–H and O–H groups in total. The van der Waals surface area contributed by atoms with Crippen molar-refractivity contribution in [3.05, 3.63) is 53.3 Å². The van der Waals surface area contributed by atoms with Crippen LogP contribution in [0.2, 0.25) is 0 Å². The Balaban J connectivity index is 0.00000289. The molecular formula is C23H30FIN4O3. The average Bonchev–Trinajstić information content (AvgIpc) is 2.79. The van der Waals surface area contributed by atoms with Gasteiger partial charge in [-0.1, -0.05) is 12.1 Å². The summed E-state index contributed by atoms with van der Waals surface area (Å²) in [5.74, 6) is 1.61. The summed E-state index contributed by atoms with van der Waals surface area (Å²) in [5, 5.41) is 13.5. The number of rotatable bonds is 5. The molecule has 0 saturated carbocycles. The smallest absolute Gasteiger partial charge is 0.194 e. The van der Waals surface area contributed by atoms with Gasteiger partial charge in [-0.05, 0) is 43.2 Å². The predicted molar refractivity (Wildman–Crippen MR) is 134 cm³/mol. The summed E-state index contributed by atoms with van der Waals surface area (Å²) in [6, 6.07) is 10.4. The van der Waals surface area contributed by atoms with E-state index in [1.807, 2.05) is 25.1 Å². The number of hydrogen-bond donors (Lipinski definition) is 2. The van der Waals surface area contributed by atoms with Crippen molar-refractivity contribution in [2.75, 3.05) is 51.0 Å². The lowest BCUT2D eigenvalue weighted by molar-refractivity contribution is -0.0172. The number of anilines is 1. The molecule has 0 spiro atoms. The van der Waals surface area contributed by atoms with E-state index in [2.05, 4.69) is 15.1 Å². The summed E-state index contributed by atoms with van der Waals surface area (Å²) in [6.07, 6.45) is 0.590. The number of fused-ring (bicyclic) bond motifs is 1. The minimum atomic E-state index is -0.279. The van der Waals surface area contributed by atoms with Crippen LogP contribution in [-0.4, -0.2) is 62.0 Å². The standard InChI is InChI=1S/C23H29FN4O3.HI/c1-2-25-23(28-11-9-27(10-12-28)20-5-3-4-6-21(20)29)26-8-7-17-13-19(24)14-18-15-30-16-31-22(17)18;/h3-6,13-14,29H,2,7-12,15-16H2,1H3,(H,25,26);1H. The molecule has 0 aromatic heterocycles. The van der Waals surface area contributed by atoms with Gasteiger partial charge in [-0.15, -0.1) is 24.0 Å². The van der Waals surface area contributed by atoms with Gasteiger partial charge in [-0.25, -0.2) is 4.39 Å². The Labute approximate surface area is 205 Å². The highest BCUT2D eigenvalue weighted by molar-refractivity contribution is 14.0. The van der Waals surface area contributed by atoms with Gasteiger partial charge in [0, 0.05) is 44.8 Å². The molecular weight excluding hydrogens is 526 g/mol. The Bertz CT molecular complexity index is 935. The number of aliphatic imine (C=N–C) groups is 1. The predicted octanol–water partition coefficient (Wildman–Crippen LogP) is 3.35. The Kier molecular flexibility index (Phi) is 8.80. The zero-order valence-corrected chi connectivity index (χ0v) is 20.5. The molecule has 0 radical (unpaired) electrons. The molecule has 1 fully saturated rings. The lowest BCUT2D eigenvalue weighted by Gasteiger charge is -2.37. The second kappa shape index (κ2) is 11.6. The number of hydrogen-bond acceptors (Lipinski definition) is 5. The average molecular weight is 556 g/mol. The third-order valence-corrected chi connectivity index (χ3v) is 5.53. The number of para-hydroxylation sites is 2. The van der Waals surface area contributed by atoms with E-state index in [1.54, 1.807) is 6.07 Å². The van der Waals surface area contributed by atoms with Crippen LogP contribution in [0, 0.1) is 5.82 Å². The zero-order valence-electron chi connectivity index (χ0n) is 18.2. The van der Waals surface area contributed by atoms with Crippen molar-refractivity contribution < 1.29 is 19.0 Å². The Hall–Kier alpha value is -2.27. The molecule has 2 heterocycles. The maximum absolute atomic E-state index is 14.0. The van der Waals surface area contributed by atoms with Crippen LogP contribution in [0.3, 0.4) is 0 Å². The monoisotopic (exact) mass is 556 g/mol. The van der Waals surface area contributed by atoms with Crippen LogP contribution in [0.25, 0.3) is 0 Å². The minimum absolute atomic E-state index is 0. The number of nitrogens with zero attached hydrogens (tertiary/aromatic N) is 3. The number of guanidine groups is 1. The minimum Gasteiger partial charge on any atom is -0.506 e. The molecule has 9 heteroatoms. The van der Waals surface area contributed by atoms with E-state index < -0.39 is 0 Å². The molecule has 4 rings (SSSR count). The highest BCUT2D eigenvalue weighted by Gasteiger charge is 2.21. The molecule has 0 aliphatic carbocycles. The topological polar surface area (TPSA) is 69.6 Å². The van der Waals surface area contributed by atoms with Crippen molar-refractivity contribution in [3.63, 3.8) is 0 Å². The fourth-order valence-corrected chi connectivity index (χ4v) is 4.04. The first kappa shape index (κ1) is 24.4. The fraction of sp³-hybridized carbons (Fsp3) is 0.435. The second-order valence-corrected chi connectivity index (χ2v) is 7.61. The molecule has 7 nitrogen and oxygen atoms in total. The Morgan fingerprint density at radius 2 is 1.97 bits per heavy atom. The van der Waals surface area contributed by atoms with Crippen LogP contribution in [0.4, 0.5) is 10.1 Å². The van der Waals surface area contributed by atoms with Crippen LogP contribution in [-0.2, 0) is 17.8 Å². The van der Waals surface area contributed by atoms with Gasteiger partial charge in [0.2, 0.25) is 0 Å². The van der Waals surface area contributed by atoms with Crippen molar-refractivity contribution >= 4 is 35.6 Å². The molecule has 1 saturated heterocycles. The quantitative estimate of drug-likeness (QED) is 0.335. The van der Waals surface area contributed by atoms with Crippen LogP contribution >= 0.6 is 24.0 Å². The lowest BCUT2D eigenvalue weighted by atomic mass is 10.1. The van der Waals surface area contributed by atoms with E-state index in [9.17, 15) is 9.50 Å². The van der Waals surface area contributed by atoms with Crippen molar-refractivity contribution in [3.8, 4) is 11.5 Å². The molecule has 0 unspecified atom stereocenters. The van der Waals surface area contributed by atoms with Gasteiger partial charge in [0.15, 0.2) is 12.8 Å². The summed E-state index contributed by atoms with van der Waals surface area (Å²) in [4.78, 5) is 9.20. The van der Waals surface area contributed by atoms with E-state index in [0.29, 0.717) is 25.3 Å². The van der Waals surface area contributed by atoms with Gasteiger partial charge < -0.3 is 29.7 Å². The Morgan fingerprint density at radius 1 is 1.19 bits per heavy atom. The van der Waals surface area contributed by atoms with E-state index in [4.69, 9.17) is 14.5 Å². The molecule has 0 atom stereocenters. The van der Waals surface area contributed by atoms with Gasteiger partial charge >= 0.3 is 0 Å². The van der Waals surface area contributed by atoms with Gasteiger partial charge in [0.25, 0.3) is 0 Å². The molecule has 2 aromatic carbocycles. The number of halogens is 2. The number of ether oxygens (including phenoxy) is 2. The lowest BCUT2D eigenvalue weighted by Crippen LogP contribution is -2.52. The van der Waals surface area contributed by atoms with Crippen LogP contribution in [0.5, 0.6) is 11.5 Å². The first-order valence-corrected chi connectivity index (χ1v) is 10.7. The molecule has 2 aliphatic heterocycles. The maximum atomic E-state index is 14.0. The van der Waals surface area contributed by atoms with E-state index >= 15 is 0 Å². The van der Waals surface area contributed by atoms with E-state index in [-0.39, 0.29) is 36.6 Å². The summed E-state index contributed by atoms with van der Waals surface area (Å²) in [6.45, 7) is 7.11. The van der Waals surface area contributed by atoms with Gasteiger partial charge in [-0.2, -0.15) is 0 Å². The summed E-state index contributed by atoms with van der Waals surface area (Å²) >= 11 is 0. The number of benzene rings is 2. The summed E-state index contributed by atoms with van der Waals surface area (Å²) in [5.41, 5.74) is 2.43. The van der Waals surface area contributed by atoms with Crippen molar-refractivity contribution in [1.82, 2.24) is 10.2 Å². The molecule has 174 valence electrons. The highest BCUT2D eigenvalue weighted by Crippen LogP contribution is 2.30. The van der Waals surface area contributed by atoms with Gasteiger partial charge in [0.05, 0.1) is 12.3 Å². The van der Waals surface area contributed by atoms with Crippen LogP contribution in [0.1, 0.15) is 18.1 Å². The molecule has 2 aliphatic rings. The maximum Gasteiger partial charge on any atom is 0.194 e. The first-order chi connectivity index (χ1) is 15.2. The third-order valence-electron chi connectivity index (χ3n) is 5.53. The molecule has 32 heavy (non-hydrogen) atoms. The van der Waals surface area contributed by atoms with E-state index in [1.165, 1.54) is 12.1 Å². The number of nitrogens with one attached hydrogen (secondary N) is 1. The fourth-order valence-electron chi connectivity index (χ4n) is 4.04. The van der Waals surface area contributed by atoms with Crippen LogP contribution < -0.4 is 15.0 Å². The van der Waals surface area contributed by atoms with Crippen molar-refractivity contribution in [2.45, 2.75) is 20.0 Å². The largest absolute Gasteiger partial charge is 0.506 e. The van der Waals surface area contributed by atoms with Crippen molar-refractivity contribution in [2.24, 2.45) is 4.99 Å². The second-order valence-electron chi connectivity index (χ2n) is 7.61. The highest BCUT2D eigenvalue weighted by atomic mass is 127.